The molecule has 4 rings (SSSR count). The van der Waals surface area contributed by atoms with Gasteiger partial charge >= 0.3 is 0 Å². The van der Waals surface area contributed by atoms with Crippen LogP contribution in [0.25, 0.3) is 11.1 Å². The molecular weight excluding hydrogens is 474 g/mol. The van der Waals surface area contributed by atoms with E-state index < -0.39 is 26.6 Å². The molecule has 2 heterocycles. The molecule has 2 N–H and O–H groups in total. The molecule has 0 bridgehead atoms. The molecule has 1 fully saturated rings. The first kappa shape index (κ1) is 23.1. The van der Waals surface area contributed by atoms with E-state index in [0.29, 0.717) is 28.6 Å². The number of rotatable bonds is 6. The summed E-state index contributed by atoms with van der Waals surface area (Å²) in [6.45, 7) is 3.44. The van der Waals surface area contributed by atoms with Crippen molar-refractivity contribution in [2.24, 2.45) is 5.92 Å². The summed E-state index contributed by atoms with van der Waals surface area (Å²) >= 11 is 6.17. The minimum atomic E-state index is -4.43. The van der Waals surface area contributed by atoms with Crippen LogP contribution in [0.1, 0.15) is 24.0 Å². The number of benzene rings is 1. The molecule has 0 aliphatic heterocycles. The van der Waals surface area contributed by atoms with E-state index in [1.54, 1.807) is 26.1 Å². The molecule has 172 valence electrons. The third-order valence-electron chi connectivity index (χ3n) is 5.30. The van der Waals surface area contributed by atoms with Gasteiger partial charge in [-0.2, -0.15) is 0 Å². The molecule has 1 aliphatic carbocycles. The standard InChI is InChI=1S/C22H19ClF2N4O3S/c1-11-9-26-19(28-22(30)13-3-4-13)8-15(11)16-10-27-21(23)20(12(16)2)29-33(31,32)18-6-5-14(24)7-17(18)25/h5-10,13,29H,3-4H2,1-2H3,(H,26,28,30). The SMILES string of the molecule is Cc1cnc(NC(=O)C2CC2)cc1-c1cnc(Cl)c(NS(=O)(=O)c2ccc(F)cc2F)c1C. The van der Waals surface area contributed by atoms with Crippen LogP contribution in [0.5, 0.6) is 0 Å². The van der Waals surface area contributed by atoms with Gasteiger partial charge in [0.05, 0.1) is 5.69 Å². The van der Waals surface area contributed by atoms with Crippen LogP contribution >= 0.6 is 11.6 Å². The molecule has 2 aromatic heterocycles. The smallest absolute Gasteiger partial charge is 0.264 e. The van der Waals surface area contributed by atoms with E-state index in [1.165, 1.54) is 6.20 Å². The first-order valence-corrected chi connectivity index (χ1v) is 11.8. The third kappa shape index (κ3) is 4.81. The summed E-state index contributed by atoms with van der Waals surface area (Å²) < 4.78 is 55.1. The topological polar surface area (TPSA) is 101 Å². The van der Waals surface area contributed by atoms with Crippen molar-refractivity contribution in [1.29, 1.82) is 0 Å². The Morgan fingerprint density at radius 3 is 2.48 bits per heavy atom. The van der Waals surface area contributed by atoms with Gasteiger partial charge in [-0.3, -0.25) is 9.52 Å². The van der Waals surface area contributed by atoms with Gasteiger partial charge in [0, 0.05) is 29.9 Å². The lowest BCUT2D eigenvalue weighted by Crippen LogP contribution is -2.16. The van der Waals surface area contributed by atoms with Gasteiger partial charge in [0.1, 0.15) is 22.3 Å². The molecule has 3 aromatic rings. The fraction of sp³-hybridized carbons (Fsp3) is 0.227. The number of pyridine rings is 2. The number of amides is 1. The molecule has 0 unspecified atom stereocenters. The zero-order valence-corrected chi connectivity index (χ0v) is 19.2. The van der Waals surface area contributed by atoms with Crippen molar-refractivity contribution in [3.8, 4) is 11.1 Å². The van der Waals surface area contributed by atoms with E-state index in [4.69, 9.17) is 11.6 Å². The molecule has 11 heteroatoms. The third-order valence-corrected chi connectivity index (χ3v) is 6.97. The number of aryl methyl sites for hydroxylation is 1. The van der Waals surface area contributed by atoms with Gasteiger partial charge in [-0.15, -0.1) is 0 Å². The minimum absolute atomic E-state index is 0.00311. The zero-order valence-electron chi connectivity index (χ0n) is 17.6. The maximum Gasteiger partial charge on any atom is 0.264 e. The van der Waals surface area contributed by atoms with Crippen LogP contribution in [0, 0.1) is 31.4 Å². The monoisotopic (exact) mass is 492 g/mol. The second-order valence-corrected chi connectivity index (χ2v) is 9.80. The number of nitrogens with one attached hydrogen (secondary N) is 2. The van der Waals surface area contributed by atoms with E-state index in [2.05, 4.69) is 20.0 Å². The predicted octanol–water partition coefficient (Wildman–Crippen LogP) is 4.84. The van der Waals surface area contributed by atoms with Crippen molar-refractivity contribution in [2.45, 2.75) is 31.6 Å². The second-order valence-electron chi connectivity index (χ2n) is 7.79. The van der Waals surface area contributed by atoms with E-state index in [0.717, 1.165) is 30.5 Å². The van der Waals surface area contributed by atoms with Gasteiger partial charge < -0.3 is 5.32 Å². The number of carbonyl (C=O) groups is 1. The Bertz CT molecular complexity index is 1380. The first-order valence-electron chi connectivity index (χ1n) is 9.97. The van der Waals surface area contributed by atoms with Crippen LogP contribution in [-0.4, -0.2) is 24.3 Å². The maximum atomic E-state index is 14.1. The summed E-state index contributed by atoms with van der Waals surface area (Å²) in [5.74, 6) is -1.87. The molecule has 1 amide bonds. The van der Waals surface area contributed by atoms with E-state index >= 15 is 0 Å². The summed E-state index contributed by atoms with van der Waals surface area (Å²) in [5.41, 5.74) is 2.34. The van der Waals surface area contributed by atoms with Gasteiger partial charge in [-0.1, -0.05) is 11.6 Å². The number of carbonyl (C=O) groups excluding carboxylic acids is 1. The summed E-state index contributed by atoms with van der Waals surface area (Å²) in [6.07, 6.45) is 4.76. The number of sulfonamides is 1. The molecule has 7 nitrogen and oxygen atoms in total. The minimum Gasteiger partial charge on any atom is -0.310 e. The highest BCUT2D eigenvalue weighted by Crippen LogP contribution is 2.36. The van der Waals surface area contributed by atoms with Crippen molar-refractivity contribution in [3.63, 3.8) is 0 Å². The molecule has 1 aliphatic rings. The molecule has 33 heavy (non-hydrogen) atoms. The Morgan fingerprint density at radius 2 is 1.82 bits per heavy atom. The van der Waals surface area contributed by atoms with Gasteiger partial charge in [0.2, 0.25) is 5.91 Å². The highest BCUT2D eigenvalue weighted by molar-refractivity contribution is 7.92. The largest absolute Gasteiger partial charge is 0.310 e. The summed E-state index contributed by atoms with van der Waals surface area (Å²) in [7, 11) is -4.43. The zero-order chi connectivity index (χ0) is 23.9. The molecular formula is C22H19ClF2N4O3S. The molecule has 0 radical (unpaired) electrons. The van der Waals surface area contributed by atoms with E-state index in [9.17, 15) is 22.0 Å². The van der Waals surface area contributed by atoms with Gasteiger partial charge in [0.15, 0.2) is 5.15 Å². The Balaban J connectivity index is 1.72. The number of aromatic nitrogens is 2. The van der Waals surface area contributed by atoms with Crippen molar-refractivity contribution in [2.75, 3.05) is 10.0 Å². The average molecular weight is 493 g/mol. The normalized spacial score (nSPS) is 13.6. The van der Waals surface area contributed by atoms with Crippen LogP contribution < -0.4 is 10.0 Å². The van der Waals surface area contributed by atoms with Crippen molar-refractivity contribution < 1.29 is 22.0 Å². The Morgan fingerprint density at radius 1 is 1.09 bits per heavy atom. The first-order chi connectivity index (χ1) is 15.6. The second kappa shape index (κ2) is 8.68. The Hall–Kier alpha value is -3.11. The summed E-state index contributed by atoms with van der Waals surface area (Å²) in [4.78, 5) is 19.7. The van der Waals surface area contributed by atoms with Crippen molar-refractivity contribution >= 4 is 39.0 Å². The lowest BCUT2D eigenvalue weighted by Gasteiger charge is -2.17. The fourth-order valence-electron chi connectivity index (χ4n) is 3.30. The Labute approximate surface area is 194 Å². The highest BCUT2D eigenvalue weighted by atomic mass is 35.5. The van der Waals surface area contributed by atoms with Crippen molar-refractivity contribution in [1.82, 2.24) is 9.97 Å². The van der Waals surface area contributed by atoms with Crippen LogP contribution in [0.4, 0.5) is 20.3 Å². The molecule has 0 saturated heterocycles. The average Bonchev–Trinajstić information content (AvgIpc) is 3.58. The number of hydrogen-bond acceptors (Lipinski definition) is 5. The van der Waals surface area contributed by atoms with Crippen LogP contribution in [0.3, 0.4) is 0 Å². The highest BCUT2D eigenvalue weighted by Gasteiger charge is 2.30. The van der Waals surface area contributed by atoms with Gasteiger partial charge in [-0.05, 0) is 61.6 Å². The number of halogens is 3. The van der Waals surface area contributed by atoms with Crippen LogP contribution in [0.15, 0.2) is 41.6 Å². The lowest BCUT2D eigenvalue weighted by molar-refractivity contribution is -0.117. The lowest BCUT2D eigenvalue weighted by atomic mass is 9.99. The fourth-order valence-corrected chi connectivity index (χ4v) is 4.79. The Kier molecular flexibility index (Phi) is 6.06. The van der Waals surface area contributed by atoms with Crippen LogP contribution in [-0.2, 0) is 14.8 Å². The van der Waals surface area contributed by atoms with Gasteiger partial charge in [-0.25, -0.2) is 27.2 Å². The van der Waals surface area contributed by atoms with Gasteiger partial charge in [0.25, 0.3) is 10.0 Å². The molecule has 0 atom stereocenters. The quantitative estimate of drug-likeness (QED) is 0.479. The van der Waals surface area contributed by atoms with Crippen LogP contribution in [0.2, 0.25) is 5.15 Å². The van der Waals surface area contributed by atoms with E-state index in [-0.39, 0.29) is 22.7 Å². The summed E-state index contributed by atoms with van der Waals surface area (Å²) in [6, 6.07) is 3.83. The molecule has 0 spiro atoms. The summed E-state index contributed by atoms with van der Waals surface area (Å²) in [5, 5.41) is 2.63. The number of hydrogen-bond donors (Lipinski definition) is 2. The molecule has 1 saturated carbocycles. The number of nitrogens with zero attached hydrogens (tertiary/aromatic N) is 2. The maximum absolute atomic E-state index is 14.1. The number of anilines is 2. The predicted molar refractivity (Wildman–Crippen MR) is 120 cm³/mol. The van der Waals surface area contributed by atoms with Crippen molar-refractivity contribution in [3.05, 3.63) is 64.6 Å². The molecule has 1 aromatic carbocycles. The van der Waals surface area contributed by atoms with E-state index in [1.807, 2.05) is 0 Å².